The molecular formula is C34H39F2O9S2+. The Morgan fingerprint density at radius 2 is 1.38 bits per heavy atom. The summed E-state index contributed by atoms with van der Waals surface area (Å²) in [6.07, 6.45) is -2.14. The zero-order chi connectivity index (χ0) is 34.6. The van der Waals surface area contributed by atoms with Crippen LogP contribution >= 0.6 is 0 Å². The molecule has 47 heavy (non-hydrogen) atoms. The summed E-state index contributed by atoms with van der Waals surface area (Å²) in [5.74, 6) is -0.818. The minimum Gasteiger partial charge on any atom is -0.490 e. The fourth-order valence-corrected chi connectivity index (χ4v) is 6.95. The molecular weight excluding hydrogens is 654 g/mol. The third kappa shape index (κ3) is 8.90. The van der Waals surface area contributed by atoms with Gasteiger partial charge in [0.1, 0.15) is 24.7 Å². The van der Waals surface area contributed by atoms with Crippen molar-refractivity contribution >= 4 is 27.0 Å². The normalized spacial score (nSPS) is 17.3. The maximum Gasteiger partial charge on any atom is 0.405 e. The maximum atomic E-state index is 14.1. The van der Waals surface area contributed by atoms with Crippen molar-refractivity contribution in [3.05, 3.63) is 90.5 Å². The van der Waals surface area contributed by atoms with E-state index in [-0.39, 0.29) is 24.4 Å². The second-order valence-corrected chi connectivity index (χ2v) is 15.5. The van der Waals surface area contributed by atoms with Crippen LogP contribution in [0.3, 0.4) is 0 Å². The molecule has 3 aromatic rings. The molecule has 1 N–H and O–H groups in total. The van der Waals surface area contributed by atoms with Crippen LogP contribution in [-0.4, -0.2) is 56.7 Å². The monoisotopic (exact) mass is 693 g/mol. The Kier molecular flexibility index (Phi) is 11.1. The molecule has 1 saturated heterocycles. The van der Waals surface area contributed by atoms with E-state index in [2.05, 4.69) is 20.4 Å². The minimum atomic E-state index is -5.67. The molecule has 0 spiro atoms. The second-order valence-electron chi connectivity index (χ2n) is 12.0. The SMILES string of the molecule is C=C(C)C(=O)OCCOc1ccc([S+](c2ccc(OC(C)C(F)(F)S(=O)(=O)O)cc2)c2ccc(C3(C)OCC(C)(C)CO3)cc2)cc1. The highest BCUT2D eigenvalue weighted by molar-refractivity contribution is 7.97. The van der Waals surface area contributed by atoms with Gasteiger partial charge in [0.05, 0.1) is 24.1 Å². The summed E-state index contributed by atoms with van der Waals surface area (Å²) in [5.41, 5.74) is 1.07. The van der Waals surface area contributed by atoms with E-state index >= 15 is 0 Å². The van der Waals surface area contributed by atoms with Crippen molar-refractivity contribution in [1.29, 1.82) is 0 Å². The first-order chi connectivity index (χ1) is 21.9. The van der Waals surface area contributed by atoms with E-state index in [0.29, 0.717) is 24.5 Å². The highest BCUT2D eigenvalue weighted by Gasteiger charge is 2.51. The summed E-state index contributed by atoms with van der Waals surface area (Å²) in [6, 6.07) is 21.6. The molecule has 0 amide bonds. The first-order valence-corrected chi connectivity index (χ1v) is 17.4. The van der Waals surface area contributed by atoms with Gasteiger partial charge in [-0.2, -0.15) is 17.2 Å². The number of rotatable bonds is 13. The molecule has 2 atom stereocenters. The lowest BCUT2D eigenvalue weighted by Gasteiger charge is -2.41. The summed E-state index contributed by atoms with van der Waals surface area (Å²) in [4.78, 5) is 14.3. The Labute approximate surface area is 276 Å². The molecule has 9 nitrogen and oxygen atoms in total. The smallest absolute Gasteiger partial charge is 0.405 e. The Bertz CT molecular complexity index is 1650. The van der Waals surface area contributed by atoms with Gasteiger partial charge < -0.3 is 23.7 Å². The first kappa shape index (κ1) is 36.3. The molecule has 1 aliphatic heterocycles. The van der Waals surface area contributed by atoms with Crippen molar-refractivity contribution in [1.82, 2.24) is 0 Å². The zero-order valence-corrected chi connectivity index (χ0v) is 28.5. The molecule has 4 rings (SSSR count). The number of ether oxygens (including phenoxy) is 5. The number of hydrogen-bond acceptors (Lipinski definition) is 8. The highest BCUT2D eigenvalue weighted by Crippen LogP contribution is 2.39. The van der Waals surface area contributed by atoms with Crippen LogP contribution in [0.5, 0.6) is 11.5 Å². The molecule has 254 valence electrons. The lowest BCUT2D eigenvalue weighted by Crippen LogP contribution is -2.43. The molecule has 2 unspecified atom stereocenters. The first-order valence-electron chi connectivity index (χ1n) is 14.7. The molecule has 0 aliphatic carbocycles. The van der Waals surface area contributed by atoms with Crippen LogP contribution in [0.2, 0.25) is 0 Å². The van der Waals surface area contributed by atoms with Crippen molar-refractivity contribution in [3.63, 3.8) is 0 Å². The van der Waals surface area contributed by atoms with Crippen LogP contribution in [0.25, 0.3) is 0 Å². The molecule has 0 saturated carbocycles. The van der Waals surface area contributed by atoms with E-state index < -0.39 is 44.1 Å². The number of hydrogen-bond donors (Lipinski definition) is 1. The number of halogens is 2. The van der Waals surface area contributed by atoms with Crippen molar-refractivity contribution < 1.29 is 50.2 Å². The van der Waals surface area contributed by atoms with Crippen LogP contribution in [-0.2, 0) is 45.8 Å². The van der Waals surface area contributed by atoms with E-state index in [9.17, 15) is 22.0 Å². The molecule has 1 heterocycles. The third-order valence-electron chi connectivity index (χ3n) is 7.27. The number of esters is 1. The van der Waals surface area contributed by atoms with Crippen LogP contribution in [0.1, 0.15) is 40.2 Å². The maximum absolute atomic E-state index is 14.1. The molecule has 0 aromatic heterocycles. The zero-order valence-electron chi connectivity index (χ0n) is 26.8. The van der Waals surface area contributed by atoms with Crippen molar-refractivity contribution in [2.45, 2.75) is 66.5 Å². The molecule has 13 heteroatoms. The van der Waals surface area contributed by atoms with E-state index in [0.717, 1.165) is 27.2 Å². The van der Waals surface area contributed by atoms with Crippen molar-refractivity contribution in [2.75, 3.05) is 26.4 Å². The van der Waals surface area contributed by atoms with Crippen LogP contribution < -0.4 is 9.47 Å². The summed E-state index contributed by atoms with van der Waals surface area (Å²) in [6.45, 7) is 13.3. The topological polar surface area (TPSA) is 118 Å². The lowest BCUT2D eigenvalue weighted by molar-refractivity contribution is -0.298. The van der Waals surface area contributed by atoms with Gasteiger partial charge in [0.25, 0.3) is 0 Å². The number of carbonyl (C=O) groups is 1. The van der Waals surface area contributed by atoms with E-state index in [1.165, 1.54) is 12.1 Å². The predicted octanol–water partition coefficient (Wildman–Crippen LogP) is 6.77. The molecule has 0 radical (unpaired) electrons. The number of carbonyl (C=O) groups excluding carboxylic acids is 1. The Balaban J connectivity index is 1.59. The van der Waals surface area contributed by atoms with Gasteiger partial charge in [-0.25, -0.2) is 4.79 Å². The Morgan fingerprint density at radius 3 is 1.85 bits per heavy atom. The van der Waals surface area contributed by atoms with Crippen LogP contribution in [0, 0.1) is 5.41 Å². The minimum absolute atomic E-state index is 0.00187. The quantitative estimate of drug-likeness (QED) is 0.0680. The fraction of sp³-hybridized carbons (Fsp3) is 0.382. The molecule has 0 bridgehead atoms. The molecule has 3 aromatic carbocycles. The van der Waals surface area contributed by atoms with Gasteiger partial charge >= 0.3 is 21.3 Å². The average Bonchev–Trinajstić information content (AvgIpc) is 3.02. The van der Waals surface area contributed by atoms with Gasteiger partial charge in [-0.15, -0.1) is 0 Å². The van der Waals surface area contributed by atoms with E-state index in [1.54, 1.807) is 31.2 Å². The van der Waals surface area contributed by atoms with Crippen LogP contribution in [0.15, 0.2) is 99.6 Å². The lowest BCUT2D eigenvalue weighted by atomic mass is 9.94. The van der Waals surface area contributed by atoms with Gasteiger partial charge in [-0.1, -0.05) is 20.4 Å². The number of alkyl halides is 2. The van der Waals surface area contributed by atoms with Gasteiger partial charge in [0.2, 0.25) is 0 Å². The van der Waals surface area contributed by atoms with Gasteiger partial charge in [0.15, 0.2) is 26.6 Å². The van der Waals surface area contributed by atoms with Crippen molar-refractivity contribution in [3.8, 4) is 11.5 Å². The summed E-state index contributed by atoms with van der Waals surface area (Å²) < 4.78 is 87.6. The van der Waals surface area contributed by atoms with Crippen LogP contribution in [0.4, 0.5) is 8.78 Å². The largest absolute Gasteiger partial charge is 0.490 e. The second kappa shape index (κ2) is 14.3. The van der Waals surface area contributed by atoms with Gasteiger partial charge in [-0.3, -0.25) is 4.55 Å². The van der Waals surface area contributed by atoms with Gasteiger partial charge in [0, 0.05) is 16.6 Å². The van der Waals surface area contributed by atoms with E-state index in [4.69, 9.17) is 28.2 Å². The Hall–Kier alpha value is -3.49. The number of benzene rings is 3. The molecule has 1 fully saturated rings. The summed E-state index contributed by atoms with van der Waals surface area (Å²) in [5, 5.41) is -4.49. The summed E-state index contributed by atoms with van der Waals surface area (Å²) in [7, 11) is -6.36. The predicted molar refractivity (Wildman–Crippen MR) is 172 cm³/mol. The van der Waals surface area contributed by atoms with E-state index in [1.807, 2.05) is 43.3 Å². The third-order valence-corrected chi connectivity index (χ3v) is 10.5. The van der Waals surface area contributed by atoms with Crippen molar-refractivity contribution in [2.24, 2.45) is 5.41 Å². The highest BCUT2D eigenvalue weighted by atomic mass is 32.2. The standard InChI is InChI=1S/C34H38F2O9S2/c1-23(2)31(37)42-20-19-41-26-9-15-29(16-10-26)46(28-13-7-25(8-14-28)33(6)43-21-32(4,5)22-44-33)30-17-11-27(12-18-30)45-24(3)34(35,36)47(38,39)40/h7-18,24H,1,19-22H2,2-6H3/p+1. The summed E-state index contributed by atoms with van der Waals surface area (Å²) >= 11 is 0. The molecule has 1 aliphatic rings. The Morgan fingerprint density at radius 1 is 0.915 bits per heavy atom. The fourth-order valence-electron chi connectivity index (χ4n) is 4.44. The average molecular weight is 694 g/mol. The van der Waals surface area contributed by atoms with Gasteiger partial charge in [-0.05, 0) is 93.6 Å².